The Morgan fingerprint density at radius 2 is 1.81 bits per heavy atom. The number of benzene rings is 2. The predicted molar refractivity (Wildman–Crippen MR) is 116 cm³/mol. The van der Waals surface area contributed by atoms with Gasteiger partial charge in [-0.05, 0) is 17.7 Å². The Morgan fingerprint density at radius 1 is 1.00 bits per heavy atom. The molecule has 0 bridgehead atoms. The van der Waals surface area contributed by atoms with E-state index in [1.54, 1.807) is 34.9 Å². The molecule has 0 amide bonds. The molecule has 0 unspecified atom stereocenters. The minimum absolute atomic E-state index is 0.744. The smallest absolute Gasteiger partial charge is 0.191 e. The summed E-state index contributed by atoms with van der Waals surface area (Å²) >= 11 is 5.10. The van der Waals surface area contributed by atoms with Crippen molar-refractivity contribution in [1.82, 2.24) is 19.7 Å². The van der Waals surface area contributed by atoms with Crippen molar-refractivity contribution in [3.63, 3.8) is 0 Å². The Balaban J connectivity index is 1.55. The summed E-state index contributed by atoms with van der Waals surface area (Å²) in [5.74, 6) is 2.53. The van der Waals surface area contributed by atoms with Crippen molar-refractivity contribution in [2.24, 2.45) is 0 Å². The zero-order valence-electron chi connectivity index (χ0n) is 14.6. The van der Waals surface area contributed by atoms with E-state index < -0.39 is 0 Å². The van der Waals surface area contributed by atoms with Gasteiger partial charge >= 0.3 is 0 Å². The second-order valence-corrected chi connectivity index (χ2v) is 9.05. The molecule has 0 N–H and O–H groups in total. The molecule has 0 aliphatic rings. The number of thioether (sulfide) groups is 2. The zero-order chi connectivity index (χ0) is 18.5. The Bertz CT molecular complexity index is 1010. The van der Waals surface area contributed by atoms with Gasteiger partial charge in [0.1, 0.15) is 5.82 Å². The number of hydrogen-bond acceptors (Lipinski definition) is 6. The molecule has 4 aromatic rings. The monoisotopic (exact) mass is 410 g/mol. The van der Waals surface area contributed by atoms with E-state index in [-0.39, 0.29) is 0 Å². The van der Waals surface area contributed by atoms with Crippen LogP contribution in [0, 0.1) is 0 Å². The second-order valence-electron chi connectivity index (χ2n) is 5.81. The largest absolute Gasteiger partial charge is 0.301 e. The van der Waals surface area contributed by atoms with Crippen molar-refractivity contribution >= 4 is 45.1 Å². The highest BCUT2D eigenvalue weighted by Gasteiger charge is 2.14. The normalized spacial score (nSPS) is 11.1. The first kappa shape index (κ1) is 18.3. The number of para-hydroxylation sites is 1. The molecule has 2 heterocycles. The van der Waals surface area contributed by atoms with Gasteiger partial charge in [-0.15, -0.1) is 28.1 Å². The lowest BCUT2D eigenvalue weighted by atomic mass is 10.2. The van der Waals surface area contributed by atoms with E-state index in [1.807, 2.05) is 18.2 Å². The van der Waals surface area contributed by atoms with Gasteiger partial charge in [-0.3, -0.25) is 0 Å². The number of aromatic nitrogens is 4. The molecule has 7 heteroatoms. The third kappa shape index (κ3) is 4.43. The van der Waals surface area contributed by atoms with Crippen LogP contribution in [0.1, 0.15) is 11.4 Å². The summed E-state index contributed by atoms with van der Waals surface area (Å²) in [4.78, 5) is 4.70. The van der Waals surface area contributed by atoms with Gasteiger partial charge in [0.2, 0.25) is 0 Å². The molecule has 0 saturated heterocycles. The van der Waals surface area contributed by atoms with Crippen molar-refractivity contribution in [2.75, 3.05) is 5.75 Å². The maximum absolute atomic E-state index is 4.70. The van der Waals surface area contributed by atoms with Gasteiger partial charge in [0, 0.05) is 5.75 Å². The number of thiazole rings is 1. The fourth-order valence-electron chi connectivity index (χ4n) is 2.63. The van der Waals surface area contributed by atoms with Crippen molar-refractivity contribution in [3.8, 4) is 0 Å². The lowest BCUT2D eigenvalue weighted by Gasteiger charge is -2.09. The molecule has 4 rings (SSSR count). The minimum atomic E-state index is 0.744. The van der Waals surface area contributed by atoms with Crippen molar-refractivity contribution in [3.05, 3.63) is 78.6 Å². The summed E-state index contributed by atoms with van der Waals surface area (Å²) in [6, 6.07) is 18.7. The topological polar surface area (TPSA) is 43.6 Å². The van der Waals surface area contributed by atoms with Crippen LogP contribution in [0.3, 0.4) is 0 Å². The first-order valence-corrected chi connectivity index (χ1v) is 11.3. The van der Waals surface area contributed by atoms with E-state index >= 15 is 0 Å². The van der Waals surface area contributed by atoms with Crippen LogP contribution in [0.5, 0.6) is 0 Å². The van der Waals surface area contributed by atoms with E-state index in [4.69, 9.17) is 4.98 Å². The summed E-state index contributed by atoms with van der Waals surface area (Å²) < 4.78 is 4.47. The molecule has 0 saturated carbocycles. The lowest BCUT2D eigenvalue weighted by Crippen LogP contribution is -2.06. The molecular formula is C20H18N4S3. The van der Waals surface area contributed by atoms with Crippen LogP contribution in [0.2, 0.25) is 0 Å². The third-order valence-electron chi connectivity index (χ3n) is 3.91. The molecule has 0 atom stereocenters. The maximum atomic E-state index is 4.70. The molecule has 0 aliphatic carbocycles. The van der Waals surface area contributed by atoms with Gasteiger partial charge in [0.25, 0.3) is 0 Å². The number of hydrogen-bond donors (Lipinski definition) is 0. The second kappa shape index (κ2) is 8.73. The molecule has 0 aliphatic heterocycles. The third-order valence-corrected chi connectivity index (χ3v) is 7.04. The molecule has 2 aromatic heterocycles. The first-order chi connectivity index (χ1) is 13.3. The van der Waals surface area contributed by atoms with E-state index in [9.17, 15) is 0 Å². The van der Waals surface area contributed by atoms with Crippen molar-refractivity contribution in [1.29, 1.82) is 0 Å². The fraction of sp³-hybridized carbons (Fsp3) is 0.150. The zero-order valence-corrected chi connectivity index (χ0v) is 17.1. The van der Waals surface area contributed by atoms with E-state index in [0.717, 1.165) is 38.9 Å². The number of rotatable bonds is 8. The van der Waals surface area contributed by atoms with E-state index in [0.29, 0.717) is 0 Å². The summed E-state index contributed by atoms with van der Waals surface area (Å²) in [5.41, 5.74) is 2.29. The van der Waals surface area contributed by atoms with Crippen LogP contribution in [0.25, 0.3) is 10.2 Å². The van der Waals surface area contributed by atoms with Gasteiger partial charge in [0.05, 0.1) is 22.5 Å². The van der Waals surface area contributed by atoms with Gasteiger partial charge in [0.15, 0.2) is 9.50 Å². The number of fused-ring (bicyclic) bond motifs is 1. The summed E-state index contributed by atoms with van der Waals surface area (Å²) in [7, 11) is 0. The van der Waals surface area contributed by atoms with Crippen LogP contribution in [-0.4, -0.2) is 25.5 Å². The molecule has 27 heavy (non-hydrogen) atoms. The average molecular weight is 411 g/mol. The summed E-state index contributed by atoms with van der Waals surface area (Å²) in [5, 5.41) is 9.78. The van der Waals surface area contributed by atoms with Crippen molar-refractivity contribution in [2.45, 2.75) is 21.8 Å². The summed E-state index contributed by atoms with van der Waals surface area (Å²) in [6.07, 6.45) is 1.89. The highest BCUT2D eigenvalue weighted by atomic mass is 32.2. The average Bonchev–Trinajstić information content (AvgIpc) is 3.29. The molecule has 0 spiro atoms. The molecular weight excluding hydrogens is 392 g/mol. The minimum Gasteiger partial charge on any atom is -0.301 e. The molecule has 136 valence electrons. The molecule has 0 fully saturated rings. The lowest BCUT2D eigenvalue weighted by molar-refractivity contribution is 0.685. The van der Waals surface area contributed by atoms with Gasteiger partial charge in [-0.2, -0.15) is 0 Å². The maximum Gasteiger partial charge on any atom is 0.191 e. The fourth-order valence-corrected chi connectivity index (χ4v) is 5.33. The van der Waals surface area contributed by atoms with Crippen LogP contribution in [0.15, 0.2) is 76.7 Å². The van der Waals surface area contributed by atoms with Crippen molar-refractivity contribution < 1.29 is 0 Å². The Kier molecular flexibility index (Phi) is 5.91. The predicted octanol–water partition coefficient (Wildman–Crippen LogP) is 5.51. The van der Waals surface area contributed by atoms with E-state index in [2.05, 4.69) is 63.8 Å². The highest BCUT2D eigenvalue weighted by molar-refractivity contribution is 8.00. The van der Waals surface area contributed by atoms with Crippen LogP contribution in [0.4, 0.5) is 0 Å². The SMILES string of the molecule is C=CCSc1nnc(CSc2nc3ccccc3s2)n1Cc1ccccc1. The molecule has 2 aromatic carbocycles. The Morgan fingerprint density at radius 3 is 2.63 bits per heavy atom. The van der Waals surface area contributed by atoms with Crippen LogP contribution >= 0.6 is 34.9 Å². The van der Waals surface area contributed by atoms with Gasteiger partial charge < -0.3 is 4.57 Å². The van der Waals surface area contributed by atoms with E-state index in [1.165, 1.54) is 10.3 Å². The number of nitrogens with zero attached hydrogens (tertiary/aromatic N) is 4. The van der Waals surface area contributed by atoms with Crippen LogP contribution < -0.4 is 0 Å². The quantitative estimate of drug-likeness (QED) is 0.283. The highest BCUT2D eigenvalue weighted by Crippen LogP contribution is 2.31. The standard InChI is InChI=1S/C20H18N4S3/c1-2-12-25-19-23-22-18(24(19)13-15-8-4-3-5-9-15)14-26-20-21-16-10-6-7-11-17(16)27-20/h2-11H,1,12-14H2. The summed E-state index contributed by atoms with van der Waals surface area (Å²) in [6.45, 7) is 4.57. The van der Waals surface area contributed by atoms with Crippen LogP contribution in [-0.2, 0) is 12.3 Å². The van der Waals surface area contributed by atoms with Gasteiger partial charge in [-0.1, -0.05) is 72.1 Å². The Hall–Kier alpha value is -2.09. The molecule has 0 radical (unpaired) electrons. The first-order valence-electron chi connectivity index (χ1n) is 8.51. The molecule has 4 nitrogen and oxygen atoms in total. The Labute approximate surface area is 170 Å². The van der Waals surface area contributed by atoms with Gasteiger partial charge in [-0.25, -0.2) is 4.98 Å².